The molecule has 94 valence electrons. The van der Waals surface area contributed by atoms with Crippen LogP contribution in [0.25, 0.3) is 0 Å². The van der Waals surface area contributed by atoms with Crippen LogP contribution in [0, 0.1) is 5.41 Å². The van der Waals surface area contributed by atoms with Crippen molar-refractivity contribution in [1.29, 1.82) is 0 Å². The second kappa shape index (κ2) is 4.61. The lowest BCUT2D eigenvalue weighted by Gasteiger charge is -2.52. The summed E-state index contributed by atoms with van der Waals surface area (Å²) in [6, 6.07) is 0. The molecule has 2 fully saturated rings. The molecular formula is C12H24N2O2. The summed E-state index contributed by atoms with van der Waals surface area (Å²) in [6.07, 6.45) is 3.92. The first-order valence-corrected chi connectivity index (χ1v) is 6.31. The first-order chi connectivity index (χ1) is 7.62. The van der Waals surface area contributed by atoms with E-state index in [0.29, 0.717) is 13.2 Å². The van der Waals surface area contributed by atoms with E-state index < -0.39 is 5.60 Å². The first kappa shape index (κ1) is 12.3. The Balaban J connectivity index is 2.17. The molecule has 2 aliphatic heterocycles. The molecule has 0 aromatic rings. The zero-order valence-electron chi connectivity index (χ0n) is 10.2. The fourth-order valence-corrected chi connectivity index (χ4v) is 3.25. The molecule has 2 rings (SSSR count). The molecule has 2 atom stereocenters. The summed E-state index contributed by atoms with van der Waals surface area (Å²) < 4.78 is 5.57. The van der Waals surface area contributed by atoms with Crippen molar-refractivity contribution in [2.45, 2.75) is 31.3 Å². The van der Waals surface area contributed by atoms with Crippen LogP contribution >= 0.6 is 0 Å². The van der Waals surface area contributed by atoms with E-state index in [0.717, 1.165) is 45.4 Å². The summed E-state index contributed by atoms with van der Waals surface area (Å²) in [5.74, 6) is 0. The molecular weight excluding hydrogens is 204 g/mol. The van der Waals surface area contributed by atoms with Gasteiger partial charge in [0, 0.05) is 25.1 Å². The SMILES string of the molecule is CN1CCCC(O)(C2(CN)CCCOC2)C1. The van der Waals surface area contributed by atoms with Gasteiger partial charge in [-0.1, -0.05) is 0 Å². The quantitative estimate of drug-likeness (QED) is 0.709. The normalized spacial score (nSPS) is 42.2. The Morgan fingerprint density at radius 3 is 2.75 bits per heavy atom. The van der Waals surface area contributed by atoms with Gasteiger partial charge in [0.2, 0.25) is 0 Å². The number of nitrogens with zero attached hydrogens (tertiary/aromatic N) is 1. The van der Waals surface area contributed by atoms with Gasteiger partial charge in [-0.15, -0.1) is 0 Å². The summed E-state index contributed by atoms with van der Waals surface area (Å²) in [6.45, 7) is 3.76. The number of piperidine rings is 1. The predicted octanol–water partition coefficient (Wildman–Crippen LogP) is 0.199. The Kier molecular flexibility index (Phi) is 3.54. The van der Waals surface area contributed by atoms with Crippen LogP contribution in [-0.2, 0) is 4.74 Å². The van der Waals surface area contributed by atoms with Crippen LogP contribution < -0.4 is 5.73 Å². The van der Waals surface area contributed by atoms with Gasteiger partial charge in [-0.05, 0) is 39.3 Å². The van der Waals surface area contributed by atoms with Gasteiger partial charge >= 0.3 is 0 Å². The van der Waals surface area contributed by atoms with E-state index >= 15 is 0 Å². The molecule has 2 unspecified atom stereocenters. The highest BCUT2D eigenvalue weighted by Crippen LogP contribution is 2.43. The minimum Gasteiger partial charge on any atom is -0.388 e. The van der Waals surface area contributed by atoms with Gasteiger partial charge in [-0.2, -0.15) is 0 Å². The van der Waals surface area contributed by atoms with Gasteiger partial charge in [-0.3, -0.25) is 0 Å². The molecule has 0 spiro atoms. The van der Waals surface area contributed by atoms with Crippen molar-refractivity contribution in [2.24, 2.45) is 11.1 Å². The molecule has 0 bridgehead atoms. The zero-order valence-corrected chi connectivity index (χ0v) is 10.2. The lowest BCUT2D eigenvalue weighted by molar-refractivity contribution is -0.166. The maximum Gasteiger partial charge on any atom is 0.0864 e. The zero-order chi connectivity index (χ0) is 11.6. The van der Waals surface area contributed by atoms with Crippen molar-refractivity contribution in [2.75, 3.05) is 39.9 Å². The highest BCUT2D eigenvalue weighted by molar-refractivity contribution is 5.03. The molecule has 0 amide bonds. The third kappa shape index (κ3) is 1.99. The monoisotopic (exact) mass is 228 g/mol. The van der Waals surface area contributed by atoms with Crippen LogP contribution in [0.2, 0.25) is 0 Å². The predicted molar refractivity (Wildman–Crippen MR) is 63.2 cm³/mol. The fraction of sp³-hybridized carbons (Fsp3) is 1.00. The number of likely N-dealkylation sites (tertiary alicyclic amines) is 1. The number of β-amino-alcohol motifs (C(OH)–C–C–N with tert-alkyl or cyclic N) is 1. The highest BCUT2D eigenvalue weighted by atomic mass is 16.5. The number of ether oxygens (including phenoxy) is 1. The smallest absolute Gasteiger partial charge is 0.0864 e. The lowest BCUT2D eigenvalue weighted by atomic mass is 9.65. The molecule has 3 N–H and O–H groups in total. The third-order valence-corrected chi connectivity index (χ3v) is 4.36. The minimum atomic E-state index is -0.658. The third-order valence-electron chi connectivity index (χ3n) is 4.36. The van der Waals surface area contributed by atoms with E-state index in [4.69, 9.17) is 10.5 Å². The van der Waals surface area contributed by atoms with Crippen LogP contribution in [0.4, 0.5) is 0 Å². The van der Waals surface area contributed by atoms with E-state index in [1.165, 1.54) is 0 Å². The first-order valence-electron chi connectivity index (χ1n) is 6.31. The average Bonchev–Trinajstić information content (AvgIpc) is 2.29. The molecule has 0 saturated carbocycles. The van der Waals surface area contributed by atoms with E-state index in [2.05, 4.69) is 11.9 Å². The standard InChI is InChI=1S/C12H24N2O2/c1-14-6-2-5-12(15,9-14)11(8-13)4-3-7-16-10-11/h15H,2-10,13H2,1H3. The van der Waals surface area contributed by atoms with Crippen LogP contribution in [0.15, 0.2) is 0 Å². The Labute approximate surface area is 97.7 Å². The van der Waals surface area contributed by atoms with Crippen LogP contribution in [-0.4, -0.2) is 55.5 Å². The molecule has 2 aliphatic rings. The average molecular weight is 228 g/mol. The molecule has 4 heteroatoms. The molecule has 0 radical (unpaired) electrons. The number of hydrogen-bond acceptors (Lipinski definition) is 4. The van der Waals surface area contributed by atoms with Gasteiger partial charge in [-0.25, -0.2) is 0 Å². The van der Waals surface area contributed by atoms with Crippen molar-refractivity contribution < 1.29 is 9.84 Å². The summed E-state index contributed by atoms with van der Waals surface area (Å²) in [5.41, 5.74) is 5.06. The van der Waals surface area contributed by atoms with Gasteiger partial charge in [0.15, 0.2) is 0 Å². The molecule has 0 aromatic carbocycles. The number of likely N-dealkylation sites (N-methyl/N-ethyl adjacent to an activating group) is 1. The van der Waals surface area contributed by atoms with Gasteiger partial charge in [0.05, 0.1) is 12.2 Å². The topological polar surface area (TPSA) is 58.7 Å². The van der Waals surface area contributed by atoms with Crippen LogP contribution in [0.3, 0.4) is 0 Å². The van der Waals surface area contributed by atoms with Crippen molar-refractivity contribution in [3.8, 4) is 0 Å². The van der Waals surface area contributed by atoms with Gasteiger partial charge in [0.25, 0.3) is 0 Å². The van der Waals surface area contributed by atoms with Crippen molar-refractivity contribution in [3.63, 3.8) is 0 Å². The minimum absolute atomic E-state index is 0.222. The van der Waals surface area contributed by atoms with Crippen molar-refractivity contribution in [3.05, 3.63) is 0 Å². The summed E-state index contributed by atoms with van der Waals surface area (Å²) >= 11 is 0. The number of nitrogens with two attached hydrogens (primary N) is 1. The van der Waals surface area contributed by atoms with E-state index in [9.17, 15) is 5.11 Å². The largest absolute Gasteiger partial charge is 0.388 e. The number of hydrogen-bond donors (Lipinski definition) is 2. The Morgan fingerprint density at radius 1 is 1.38 bits per heavy atom. The molecule has 2 heterocycles. The lowest BCUT2D eigenvalue weighted by Crippen LogP contribution is -2.63. The molecule has 0 aliphatic carbocycles. The van der Waals surface area contributed by atoms with E-state index in [1.54, 1.807) is 0 Å². The molecule has 16 heavy (non-hydrogen) atoms. The van der Waals surface area contributed by atoms with Crippen molar-refractivity contribution in [1.82, 2.24) is 4.90 Å². The Hall–Kier alpha value is -0.160. The second-order valence-corrected chi connectivity index (χ2v) is 5.51. The number of aliphatic hydroxyl groups is 1. The van der Waals surface area contributed by atoms with Crippen LogP contribution in [0.5, 0.6) is 0 Å². The molecule has 0 aromatic heterocycles. The summed E-state index contributed by atoms with van der Waals surface area (Å²) in [7, 11) is 2.07. The van der Waals surface area contributed by atoms with Gasteiger partial charge in [0.1, 0.15) is 0 Å². The maximum absolute atomic E-state index is 10.9. The molecule has 2 saturated heterocycles. The maximum atomic E-state index is 10.9. The van der Waals surface area contributed by atoms with Gasteiger partial charge < -0.3 is 20.5 Å². The number of rotatable bonds is 2. The van der Waals surface area contributed by atoms with E-state index in [-0.39, 0.29) is 5.41 Å². The molecule has 4 nitrogen and oxygen atoms in total. The summed E-state index contributed by atoms with van der Waals surface area (Å²) in [5, 5.41) is 10.9. The van der Waals surface area contributed by atoms with E-state index in [1.807, 2.05) is 0 Å². The Bertz CT molecular complexity index is 241. The Morgan fingerprint density at radius 2 is 2.19 bits per heavy atom. The van der Waals surface area contributed by atoms with Crippen molar-refractivity contribution >= 4 is 0 Å². The second-order valence-electron chi connectivity index (χ2n) is 5.51. The highest BCUT2D eigenvalue weighted by Gasteiger charge is 2.51. The van der Waals surface area contributed by atoms with Crippen LogP contribution in [0.1, 0.15) is 25.7 Å². The fourth-order valence-electron chi connectivity index (χ4n) is 3.25. The summed E-state index contributed by atoms with van der Waals surface area (Å²) in [4.78, 5) is 2.20.